The van der Waals surface area contributed by atoms with E-state index in [2.05, 4.69) is 15.2 Å². The zero-order valence-electron chi connectivity index (χ0n) is 10.8. The minimum Gasteiger partial charge on any atom is -0.348 e. The Hall–Kier alpha value is -1.49. The van der Waals surface area contributed by atoms with Crippen LogP contribution in [-0.2, 0) is 0 Å². The molecule has 5 heteroatoms. The molecule has 0 saturated carbocycles. The molecular formula is C14H18FN3O. The van der Waals surface area contributed by atoms with E-state index >= 15 is 0 Å². The van der Waals surface area contributed by atoms with Gasteiger partial charge in [0.15, 0.2) is 0 Å². The molecule has 19 heavy (non-hydrogen) atoms. The van der Waals surface area contributed by atoms with Crippen LogP contribution in [-0.4, -0.2) is 41.0 Å². The van der Waals surface area contributed by atoms with Gasteiger partial charge >= 0.3 is 0 Å². The quantitative estimate of drug-likeness (QED) is 0.824. The third kappa shape index (κ3) is 2.76. The number of fused-ring (bicyclic) bond motifs is 1. The first-order valence-electron chi connectivity index (χ1n) is 6.90. The van der Waals surface area contributed by atoms with Gasteiger partial charge in [0.05, 0.1) is 0 Å². The molecule has 0 aliphatic carbocycles. The van der Waals surface area contributed by atoms with E-state index in [1.165, 1.54) is 31.5 Å². The highest BCUT2D eigenvalue weighted by molar-refractivity contribution is 5.92. The van der Waals surface area contributed by atoms with Crippen molar-refractivity contribution in [2.24, 2.45) is 0 Å². The van der Waals surface area contributed by atoms with Gasteiger partial charge in [0.25, 0.3) is 5.91 Å². The topological polar surface area (TPSA) is 45.2 Å². The number of amides is 1. The molecule has 102 valence electrons. The van der Waals surface area contributed by atoms with Crippen molar-refractivity contribution in [2.45, 2.75) is 37.8 Å². The Balaban J connectivity index is 1.61. The van der Waals surface area contributed by atoms with Crippen LogP contribution in [0.2, 0.25) is 0 Å². The van der Waals surface area contributed by atoms with Crippen LogP contribution in [0.5, 0.6) is 0 Å². The van der Waals surface area contributed by atoms with E-state index < -0.39 is 5.95 Å². The van der Waals surface area contributed by atoms with Crippen molar-refractivity contribution in [3.63, 3.8) is 0 Å². The minimum absolute atomic E-state index is 0.161. The fourth-order valence-corrected chi connectivity index (χ4v) is 3.15. The number of nitrogens with zero attached hydrogens (tertiary/aromatic N) is 2. The summed E-state index contributed by atoms with van der Waals surface area (Å²) in [7, 11) is 0. The predicted molar refractivity (Wildman–Crippen MR) is 69.3 cm³/mol. The van der Waals surface area contributed by atoms with Gasteiger partial charge in [-0.15, -0.1) is 0 Å². The summed E-state index contributed by atoms with van der Waals surface area (Å²) in [4.78, 5) is 18.1. The fraction of sp³-hybridized carbons (Fsp3) is 0.571. The van der Waals surface area contributed by atoms with E-state index in [0.717, 1.165) is 19.4 Å². The van der Waals surface area contributed by atoms with Gasteiger partial charge in [-0.2, -0.15) is 4.39 Å². The minimum atomic E-state index is -0.613. The molecule has 2 fully saturated rings. The van der Waals surface area contributed by atoms with Gasteiger partial charge in [0.2, 0.25) is 5.95 Å². The zero-order chi connectivity index (χ0) is 13.2. The number of hydrogen-bond acceptors (Lipinski definition) is 3. The smallest absolute Gasteiger partial charge is 0.270 e. The summed E-state index contributed by atoms with van der Waals surface area (Å²) in [6, 6.07) is 5.10. The maximum absolute atomic E-state index is 13.0. The van der Waals surface area contributed by atoms with Crippen LogP contribution in [0, 0.1) is 5.95 Å². The maximum atomic E-state index is 13.0. The number of pyridine rings is 1. The predicted octanol–water partition coefficient (Wildman–Crippen LogP) is 1.58. The van der Waals surface area contributed by atoms with Gasteiger partial charge in [-0.05, 0) is 44.4 Å². The van der Waals surface area contributed by atoms with Crippen molar-refractivity contribution in [1.82, 2.24) is 15.2 Å². The van der Waals surface area contributed by atoms with Crippen molar-refractivity contribution >= 4 is 5.91 Å². The molecule has 0 aromatic carbocycles. The molecule has 1 N–H and O–H groups in total. The number of carbonyl (C=O) groups is 1. The van der Waals surface area contributed by atoms with Crippen molar-refractivity contribution in [3.8, 4) is 0 Å². The van der Waals surface area contributed by atoms with Crippen LogP contribution in [0.4, 0.5) is 4.39 Å². The van der Waals surface area contributed by atoms with Crippen molar-refractivity contribution < 1.29 is 9.18 Å². The Kier molecular flexibility index (Phi) is 3.46. The molecule has 2 aliphatic heterocycles. The van der Waals surface area contributed by atoms with Crippen LogP contribution in [0.25, 0.3) is 0 Å². The van der Waals surface area contributed by atoms with E-state index in [-0.39, 0.29) is 17.6 Å². The normalized spacial score (nSPS) is 27.0. The second-order valence-electron chi connectivity index (χ2n) is 5.37. The van der Waals surface area contributed by atoms with Crippen molar-refractivity contribution in [2.75, 3.05) is 13.1 Å². The first-order valence-corrected chi connectivity index (χ1v) is 6.90. The molecule has 0 bridgehead atoms. The van der Waals surface area contributed by atoms with E-state index in [4.69, 9.17) is 0 Å². The molecule has 2 atom stereocenters. The van der Waals surface area contributed by atoms with E-state index in [1.54, 1.807) is 6.07 Å². The second-order valence-corrected chi connectivity index (χ2v) is 5.37. The summed E-state index contributed by atoms with van der Waals surface area (Å²) in [5.74, 6) is -0.880. The molecule has 1 amide bonds. The highest BCUT2D eigenvalue weighted by Crippen LogP contribution is 2.26. The highest BCUT2D eigenvalue weighted by atomic mass is 19.1. The standard InChI is InChI=1S/C14H18FN3O/c15-13-5-1-4-12(17-13)14(19)16-10-6-8-18-7-2-3-11(18)9-10/h1,4-5,10-11H,2-3,6-9H2,(H,16,19). The molecule has 1 aromatic heterocycles. The number of halogens is 1. The number of nitrogens with one attached hydrogen (secondary N) is 1. The third-order valence-corrected chi connectivity index (χ3v) is 4.10. The lowest BCUT2D eigenvalue weighted by Crippen LogP contribution is -2.47. The van der Waals surface area contributed by atoms with Gasteiger partial charge in [0, 0.05) is 18.6 Å². The first-order chi connectivity index (χ1) is 9.22. The monoisotopic (exact) mass is 263 g/mol. The summed E-state index contributed by atoms with van der Waals surface area (Å²) in [5, 5.41) is 2.98. The number of piperidine rings is 1. The highest BCUT2D eigenvalue weighted by Gasteiger charge is 2.32. The zero-order valence-corrected chi connectivity index (χ0v) is 10.8. The maximum Gasteiger partial charge on any atom is 0.270 e. The number of hydrogen-bond donors (Lipinski definition) is 1. The average molecular weight is 263 g/mol. The number of aromatic nitrogens is 1. The van der Waals surface area contributed by atoms with Crippen LogP contribution in [0.15, 0.2) is 18.2 Å². The van der Waals surface area contributed by atoms with E-state index in [1.807, 2.05) is 0 Å². The lowest BCUT2D eigenvalue weighted by Gasteiger charge is -2.35. The molecule has 0 spiro atoms. The summed E-state index contributed by atoms with van der Waals surface area (Å²) < 4.78 is 13.0. The van der Waals surface area contributed by atoms with Crippen LogP contribution < -0.4 is 5.32 Å². The van der Waals surface area contributed by atoms with Crippen molar-refractivity contribution in [3.05, 3.63) is 29.8 Å². The van der Waals surface area contributed by atoms with Crippen molar-refractivity contribution in [1.29, 1.82) is 0 Å². The number of carbonyl (C=O) groups excluding carboxylic acids is 1. The van der Waals surface area contributed by atoms with Gasteiger partial charge in [-0.1, -0.05) is 6.07 Å². The molecule has 0 radical (unpaired) electrons. The van der Waals surface area contributed by atoms with E-state index in [9.17, 15) is 9.18 Å². The molecule has 3 rings (SSSR count). The molecule has 4 nitrogen and oxygen atoms in total. The largest absolute Gasteiger partial charge is 0.348 e. The van der Waals surface area contributed by atoms with E-state index in [0.29, 0.717) is 6.04 Å². The molecule has 2 unspecified atom stereocenters. The van der Waals surface area contributed by atoms with Crippen LogP contribution in [0.3, 0.4) is 0 Å². The Morgan fingerprint density at radius 3 is 3.11 bits per heavy atom. The summed E-state index contributed by atoms with van der Waals surface area (Å²) in [6.07, 6.45) is 4.46. The Morgan fingerprint density at radius 2 is 2.26 bits per heavy atom. The average Bonchev–Trinajstić information content (AvgIpc) is 2.86. The third-order valence-electron chi connectivity index (χ3n) is 4.10. The van der Waals surface area contributed by atoms with Gasteiger partial charge < -0.3 is 10.2 Å². The lowest BCUT2D eigenvalue weighted by atomic mass is 9.97. The lowest BCUT2D eigenvalue weighted by molar-refractivity contribution is 0.0890. The van der Waals surface area contributed by atoms with Crippen LogP contribution >= 0.6 is 0 Å². The van der Waals surface area contributed by atoms with Gasteiger partial charge in [-0.3, -0.25) is 4.79 Å². The Labute approximate surface area is 112 Å². The van der Waals surface area contributed by atoms with Crippen LogP contribution in [0.1, 0.15) is 36.2 Å². The molecule has 2 saturated heterocycles. The molecule has 1 aromatic rings. The van der Waals surface area contributed by atoms with Gasteiger partial charge in [-0.25, -0.2) is 4.98 Å². The summed E-state index contributed by atoms with van der Waals surface area (Å²) in [6.45, 7) is 2.24. The Morgan fingerprint density at radius 1 is 1.37 bits per heavy atom. The Bertz CT molecular complexity index is 480. The second kappa shape index (κ2) is 5.25. The fourth-order valence-electron chi connectivity index (χ4n) is 3.15. The SMILES string of the molecule is O=C(NC1CCN2CCCC2C1)c1cccc(F)n1. The summed E-state index contributed by atoms with van der Waals surface area (Å²) >= 11 is 0. The summed E-state index contributed by atoms with van der Waals surface area (Å²) in [5.41, 5.74) is 0.161. The van der Waals surface area contributed by atoms with Gasteiger partial charge in [0.1, 0.15) is 5.69 Å². The molecular weight excluding hydrogens is 245 g/mol. The number of rotatable bonds is 2. The first kappa shape index (κ1) is 12.5. The molecule has 3 heterocycles. The molecule has 2 aliphatic rings.